The average Bonchev–Trinajstić information content (AvgIpc) is 2.42. The number of carbonyl (C=O) groups excluding carboxylic acids is 2. The highest BCUT2D eigenvalue weighted by atomic mass is 16.2. The number of nitrogens with zero attached hydrogens (tertiary/aromatic N) is 1. The summed E-state index contributed by atoms with van der Waals surface area (Å²) in [5.41, 5.74) is -0.523. The minimum absolute atomic E-state index is 0.0573. The molecular weight excluding hydrogens is 204 g/mol. The van der Waals surface area contributed by atoms with E-state index in [1.807, 2.05) is 0 Å². The third-order valence-electron chi connectivity index (χ3n) is 4.34. The molecule has 88 valence electrons. The van der Waals surface area contributed by atoms with Crippen molar-refractivity contribution in [2.24, 2.45) is 0 Å². The summed E-state index contributed by atoms with van der Waals surface area (Å²) in [7, 11) is 0. The lowest BCUT2D eigenvalue weighted by molar-refractivity contribution is -0.135. The molecule has 0 radical (unpaired) electrons. The number of hydrogen-bond acceptors (Lipinski definition) is 2. The first kappa shape index (κ1) is 10.1. The number of urea groups is 1. The Kier molecular flexibility index (Phi) is 2.19. The molecule has 3 rings (SSSR count). The fourth-order valence-electron chi connectivity index (χ4n) is 3.11. The Labute approximate surface area is 95.4 Å². The lowest BCUT2D eigenvalue weighted by Crippen LogP contribution is -2.50. The van der Waals surface area contributed by atoms with Gasteiger partial charge in [0.2, 0.25) is 0 Å². The summed E-state index contributed by atoms with van der Waals surface area (Å²) >= 11 is 0. The van der Waals surface area contributed by atoms with Gasteiger partial charge >= 0.3 is 6.03 Å². The second kappa shape index (κ2) is 3.47. The van der Waals surface area contributed by atoms with Gasteiger partial charge in [0.25, 0.3) is 5.91 Å². The number of nitrogens with one attached hydrogen (secondary N) is 1. The van der Waals surface area contributed by atoms with Gasteiger partial charge in [-0.25, -0.2) is 4.79 Å². The zero-order chi connectivity index (χ0) is 11.2. The molecule has 3 amide bonds. The highest BCUT2D eigenvalue weighted by Gasteiger charge is 2.53. The first-order valence-corrected chi connectivity index (χ1v) is 6.39. The molecule has 4 nitrogen and oxygen atoms in total. The van der Waals surface area contributed by atoms with E-state index >= 15 is 0 Å². The van der Waals surface area contributed by atoms with E-state index < -0.39 is 5.54 Å². The van der Waals surface area contributed by atoms with Crippen molar-refractivity contribution in [3.05, 3.63) is 0 Å². The van der Waals surface area contributed by atoms with Crippen molar-refractivity contribution in [2.45, 2.75) is 62.9 Å². The molecule has 0 aromatic rings. The summed E-state index contributed by atoms with van der Waals surface area (Å²) < 4.78 is 0. The fraction of sp³-hybridized carbons (Fsp3) is 0.833. The molecule has 0 atom stereocenters. The lowest BCUT2D eigenvalue weighted by Gasteiger charge is -2.34. The Morgan fingerprint density at radius 3 is 2.31 bits per heavy atom. The van der Waals surface area contributed by atoms with Crippen LogP contribution in [-0.2, 0) is 4.79 Å². The normalized spacial score (nSPS) is 29.4. The lowest BCUT2D eigenvalue weighted by atomic mass is 9.81. The van der Waals surface area contributed by atoms with Gasteiger partial charge < -0.3 is 5.32 Å². The van der Waals surface area contributed by atoms with Gasteiger partial charge in [0, 0.05) is 6.04 Å². The van der Waals surface area contributed by atoms with Crippen LogP contribution >= 0.6 is 0 Å². The van der Waals surface area contributed by atoms with Crippen LogP contribution in [0.25, 0.3) is 0 Å². The van der Waals surface area contributed by atoms with Crippen molar-refractivity contribution >= 4 is 11.9 Å². The number of imide groups is 1. The first-order valence-electron chi connectivity index (χ1n) is 6.39. The molecule has 0 aromatic carbocycles. The smallest absolute Gasteiger partial charge is 0.323 e. The van der Waals surface area contributed by atoms with Crippen LogP contribution in [0.1, 0.15) is 51.4 Å². The third-order valence-corrected chi connectivity index (χ3v) is 4.34. The van der Waals surface area contributed by atoms with Crippen LogP contribution in [0, 0.1) is 0 Å². The maximum Gasteiger partial charge on any atom is 0.325 e. The van der Waals surface area contributed by atoms with Gasteiger partial charge in [0.05, 0.1) is 0 Å². The molecule has 2 aliphatic carbocycles. The van der Waals surface area contributed by atoms with Gasteiger partial charge in [0.15, 0.2) is 0 Å². The van der Waals surface area contributed by atoms with Gasteiger partial charge in [-0.15, -0.1) is 0 Å². The van der Waals surface area contributed by atoms with Gasteiger partial charge in [-0.05, 0) is 32.1 Å². The standard InChI is InChI=1S/C12H18N2O2/c15-10-12(7-2-1-3-8-12)13-11(16)14(10)9-5-4-6-9/h9H,1-8H2,(H,13,16). The summed E-state index contributed by atoms with van der Waals surface area (Å²) in [6.45, 7) is 0. The molecule has 1 aliphatic heterocycles. The van der Waals surface area contributed by atoms with Gasteiger partial charge in [0.1, 0.15) is 5.54 Å². The second-order valence-electron chi connectivity index (χ2n) is 5.33. The first-order chi connectivity index (χ1) is 7.73. The van der Waals surface area contributed by atoms with Crippen molar-refractivity contribution in [3.8, 4) is 0 Å². The molecule has 16 heavy (non-hydrogen) atoms. The molecule has 4 heteroatoms. The fourth-order valence-corrected chi connectivity index (χ4v) is 3.11. The maximum absolute atomic E-state index is 12.4. The van der Waals surface area contributed by atoms with Crippen LogP contribution in [0.5, 0.6) is 0 Å². The highest BCUT2D eigenvalue weighted by Crippen LogP contribution is 2.37. The van der Waals surface area contributed by atoms with Crippen molar-refractivity contribution < 1.29 is 9.59 Å². The van der Waals surface area contributed by atoms with E-state index in [4.69, 9.17) is 0 Å². The van der Waals surface area contributed by atoms with E-state index in [0.29, 0.717) is 0 Å². The van der Waals surface area contributed by atoms with Crippen LogP contribution in [0.4, 0.5) is 4.79 Å². The predicted octanol–water partition coefficient (Wildman–Crippen LogP) is 1.79. The van der Waals surface area contributed by atoms with E-state index in [1.165, 1.54) is 11.3 Å². The number of carbonyl (C=O) groups is 2. The quantitative estimate of drug-likeness (QED) is 0.688. The molecule has 3 aliphatic rings. The molecule has 0 bridgehead atoms. The van der Waals surface area contributed by atoms with E-state index in [2.05, 4.69) is 5.32 Å². The van der Waals surface area contributed by atoms with Crippen LogP contribution in [-0.4, -0.2) is 28.4 Å². The number of hydrogen-bond donors (Lipinski definition) is 1. The van der Waals surface area contributed by atoms with Gasteiger partial charge in [-0.3, -0.25) is 9.69 Å². The van der Waals surface area contributed by atoms with Crippen LogP contribution in [0.15, 0.2) is 0 Å². The third kappa shape index (κ3) is 1.28. The Balaban J connectivity index is 1.83. The van der Waals surface area contributed by atoms with Gasteiger partial charge in [-0.1, -0.05) is 19.3 Å². The molecule has 2 saturated carbocycles. The zero-order valence-electron chi connectivity index (χ0n) is 9.50. The molecule has 0 aromatic heterocycles. The molecule has 1 N–H and O–H groups in total. The minimum atomic E-state index is -0.523. The summed E-state index contributed by atoms with van der Waals surface area (Å²) in [5.74, 6) is 0.0573. The largest absolute Gasteiger partial charge is 0.325 e. The Morgan fingerprint density at radius 2 is 1.75 bits per heavy atom. The summed E-state index contributed by atoms with van der Waals surface area (Å²) in [6.07, 6.45) is 8.12. The van der Waals surface area contributed by atoms with E-state index in [-0.39, 0.29) is 18.0 Å². The molecular formula is C12H18N2O2. The van der Waals surface area contributed by atoms with E-state index in [1.54, 1.807) is 0 Å². The predicted molar refractivity (Wildman–Crippen MR) is 58.8 cm³/mol. The maximum atomic E-state index is 12.4. The summed E-state index contributed by atoms with van der Waals surface area (Å²) in [4.78, 5) is 25.8. The molecule has 1 heterocycles. The molecule has 3 fully saturated rings. The van der Waals surface area contributed by atoms with Crippen LogP contribution in [0.2, 0.25) is 0 Å². The summed E-state index contributed by atoms with van der Waals surface area (Å²) in [5, 5.41) is 2.96. The molecule has 0 unspecified atom stereocenters. The van der Waals surface area contributed by atoms with Gasteiger partial charge in [-0.2, -0.15) is 0 Å². The van der Waals surface area contributed by atoms with E-state index in [0.717, 1.165) is 44.9 Å². The van der Waals surface area contributed by atoms with Crippen molar-refractivity contribution in [1.82, 2.24) is 10.2 Å². The van der Waals surface area contributed by atoms with Crippen molar-refractivity contribution in [2.75, 3.05) is 0 Å². The number of rotatable bonds is 1. The van der Waals surface area contributed by atoms with Crippen LogP contribution < -0.4 is 5.32 Å². The van der Waals surface area contributed by atoms with Crippen LogP contribution in [0.3, 0.4) is 0 Å². The molecule has 1 spiro atoms. The SMILES string of the molecule is O=C1NC2(CCCCC2)C(=O)N1C1CCC1. The molecule has 1 saturated heterocycles. The monoisotopic (exact) mass is 222 g/mol. The number of amides is 3. The summed E-state index contributed by atoms with van der Waals surface area (Å²) in [6, 6.07) is 0.0467. The Bertz CT molecular complexity index is 330. The van der Waals surface area contributed by atoms with Crippen molar-refractivity contribution in [1.29, 1.82) is 0 Å². The topological polar surface area (TPSA) is 49.4 Å². The minimum Gasteiger partial charge on any atom is -0.323 e. The van der Waals surface area contributed by atoms with Crippen molar-refractivity contribution in [3.63, 3.8) is 0 Å². The average molecular weight is 222 g/mol. The Hall–Kier alpha value is -1.06. The highest BCUT2D eigenvalue weighted by molar-refractivity contribution is 6.07. The second-order valence-corrected chi connectivity index (χ2v) is 5.33. The Morgan fingerprint density at radius 1 is 1.06 bits per heavy atom. The zero-order valence-corrected chi connectivity index (χ0v) is 9.50. The van der Waals surface area contributed by atoms with E-state index in [9.17, 15) is 9.59 Å².